The van der Waals surface area contributed by atoms with Gasteiger partial charge in [-0.25, -0.2) is 0 Å². The molecule has 0 saturated carbocycles. The third-order valence-corrected chi connectivity index (χ3v) is 3.10. The Morgan fingerprint density at radius 1 is 1.18 bits per heavy atom. The summed E-state index contributed by atoms with van der Waals surface area (Å²) in [6.07, 6.45) is 2.65. The van der Waals surface area contributed by atoms with Crippen molar-refractivity contribution in [3.63, 3.8) is 0 Å². The number of Topliss-reactive ketones (excluding diaryl/α,β-unsaturated/α-hetero) is 1. The molecule has 2 heterocycles. The largest absolute Gasteiger partial charge is 0.374 e. The van der Waals surface area contributed by atoms with Crippen molar-refractivity contribution < 1.29 is 9.53 Å². The van der Waals surface area contributed by atoms with Gasteiger partial charge in [0.2, 0.25) is 0 Å². The molecule has 0 aromatic carbocycles. The van der Waals surface area contributed by atoms with Crippen LogP contribution in [0.25, 0.3) is 0 Å². The molecule has 62 valence electrons. The highest BCUT2D eigenvalue weighted by Crippen LogP contribution is 2.37. The topological polar surface area (TPSA) is 26.3 Å². The quantitative estimate of drug-likeness (QED) is 0.527. The predicted octanol–water partition coefficient (Wildman–Crippen LogP) is 1.39. The maximum Gasteiger partial charge on any atom is 0.143 e. The van der Waals surface area contributed by atoms with Crippen LogP contribution in [0.3, 0.4) is 0 Å². The monoisotopic (exact) mass is 154 g/mol. The lowest BCUT2D eigenvalue weighted by Crippen LogP contribution is -2.40. The fourth-order valence-electron chi connectivity index (χ4n) is 2.21. The zero-order valence-electron chi connectivity index (χ0n) is 7.04. The van der Waals surface area contributed by atoms with Gasteiger partial charge in [-0.2, -0.15) is 0 Å². The number of fused-ring (bicyclic) bond motifs is 2. The summed E-state index contributed by atoms with van der Waals surface area (Å²) in [5.41, 5.74) is 0. The van der Waals surface area contributed by atoms with E-state index in [1.165, 1.54) is 0 Å². The van der Waals surface area contributed by atoms with E-state index in [0.29, 0.717) is 5.78 Å². The van der Waals surface area contributed by atoms with Crippen LogP contribution in [-0.4, -0.2) is 18.0 Å². The number of carbonyl (C=O) groups is 1. The second-order valence-electron chi connectivity index (χ2n) is 3.77. The van der Waals surface area contributed by atoms with Gasteiger partial charge in [-0.1, -0.05) is 13.8 Å². The molecule has 0 spiro atoms. The van der Waals surface area contributed by atoms with Gasteiger partial charge in [0.05, 0.1) is 12.2 Å². The summed E-state index contributed by atoms with van der Waals surface area (Å²) in [5.74, 6) is 0.691. The molecular weight excluding hydrogens is 140 g/mol. The Bertz CT molecular complexity index is 170. The number of hydrogen-bond donors (Lipinski definition) is 0. The van der Waals surface area contributed by atoms with E-state index in [2.05, 4.69) is 0 Å². The number of ether oxygens (including phenoxy) is 1. The van der Waals surface area contributed by atoms with Gasteiger partial charge in [-0.05, 0) is 12.8 Å². The van der Waals surface area contributed by atoms with Crippen molar-refractivity contribution in [2.75, 3.05) is 0 Å². The highest BCUT2D eigenvalue weighted by molar-refractivity contribution is 5.84. The molecule has 0 amide bonds. The Morgan fingerprint density at radius 3 is 2.09 bits per heavy atom. The van der Waals surface area contributed by atoms with Crippen LogP contribution < -0.4 is 0 Å². The molecule has 0 aromatic rings. The van der Waals surface area contributed by atoms with E-state index in [9.17, 15) is 4.79 Å². The molecular formula is C9H14O2. The van der Waals surface area contributed by atoms with Crippen molar-refractivity contribution in [3.05, 3.63) is 0 Å². The van der Waals surface area contributed by atoms with Crippen molar-refractivity contribution in [1.82, 2.24) is 0 Å². The van der Waals surface area contributed by atoms with Crippen molar-refractivity contribution >= 4 is 5.78 Å². The minimum absolute atomic E-state index is 0.142. The summed E-state index contributed by atoms with van der Waals surface area (Å²) >= 11 is 0. The molecule has 4 atom stereocenters. The SMILES string of the molecule is C[C@H]1C(=O)[C@H](C)[C@H]2CC[C@@H]1O2. The number of hydrogen-bond acceptors (Lipinski definition) is 2. The number of rotatable bonds is 0. The van der Waals surface area contributed by atoms with Crippen molar-refractivity contribution in [3.8, 4) is 0 Å². The Kier molecular flexibility index (Phi) is 1.53. The van der Waals surface area contributed by atoms with Crippen LogP contribution in [0.1, 0.15) is 26.7 Å². The molecule has 0 N–H and O–H groups in total. The van der Waals surface area contributed by atoms with E-state index in [-0.39, 0.29) is 24.0 Å². The zero-order valence-corrected chi connectivity index (χ0v) is 7.04. The Morgan fingerprint density at radius 2 is 1.64 bits per heavy atom. The van der Waals surface area contributed by atoms with Crippen LogP contribution in [0.15, 0.2) is 0 Å². The van der Waals surface area contributed by atoms with Gasteiger partial charge in [-0.15, -0.1) is 0 Å². The summed E-state index contributed by atoms with van der Waals surface area (Å²) in [5, 5.41) is 0. The zero-order chi connectivity index (χ0) is 8.01. The van der Waals surface area contributed by atoms with Gasteiger partial charge < -0.3 is 4.74 Å². The molecule has 2 nitrogen and oxygen atoms in total. The molecule has 2 aliphatic rings. The Balaban J connectivity index is 2.23. The summed E-state index contributed by atoms with van der Waals surface area (Å²) < 4.78 is 5.67. The van der Waals surface area contributed by atoms with Crippen LogP contribution in [0.5, 0.6) is 0 Å². The smallest absolute Gasteiger partial charge is 0.143 e. The molecule has 0 radical (unpaired) electrons. The second-order valence-corrected chi connectivity index (χ2v) is 3.77. The molecule has 2 aliphatic heterocycles. The summed E-state index contributed by atoms with van der Waals surface area (Å²) in [7, 11) is 0. The van der Waals surface area contributed by atoms with E-state index in [0.717, 1.165) is 12.8 Å². The van der Waals surface area contributed by atoms with Gasteiger partial charge in [0.25, 0.3) is 0 Å². The van der Waals surface area contributed by atoms with Crippen LogP contribution >= 0.6 is 0 Å². The third-order valence-electron chi connectivity index (χ3n) is 3.10. The molecule has 2 heteroatoms. The van der Waals surface area contributed by atoms with Gasteiger partial charge in [0, 0.05) is 11.8 Å². The normalized spacial score (nSPS) is 49.8. The molecule has 2 rings (SSSR count). The lowest BCUT2D eigenvalue weighted by atomic mass is 9.89. The molecule has 2 bridgehead atoms. The molecule has 0 aliphatic carbocycles. The van der Waals surface area contributed by atoms with Crippen LogP contribution in [0.2, 0.25) is 0 Å². The average Bonchev–Trinajstić information content (AvgIpc) is 2.44. The van der Waals surface area contributed by atoms with E-state index in [4.69, 9.17) is 4.74 Å². The first kappa shape index (κ1) is 7.29. The Hall–Kier alpha value is -0.370. The molecule has 2 fully saturated rings. The third kappa shape index (κ3) is 0.924. The van der Waals surface area contributed by atoms with Crippen molar-refractivity contribution in [2.24, 2.45) is 11.8 Å². The van der Waals surface area contributed by atoms with E-state index in [1.807, 2.05) is 13.8 Å². The number of carbonyl (C=O) groups excluding carboxylic acids is 1. The lowest BCUT2D eigenvalue weighted by molar-refractivity contribution is -0.144. The predicted molar refractivity (Wildman–Crippen MR) is 41.2 cm³/mol. The number of ketones is 1. The Labute approximate surface area is 66.9 Å². The van der Waals surface area contributed by atoms with Crippen LogP contribution in [0, 0.1) is 11.8 Å². The molecule has 0 unspecified atom stereocenters. The van der Waals surface area contributed by atoms with Crippen molar-refractivity contribution in [2.45, 2.75) is 38.9 Å². The van der Waals surface area contributed by atoms with E-state index >= 15 is 0 Å². The maximum absolute atomic E-state index is 11.5. The highest BCUT2D eigenvalue weighted by atomic mass is 16.5. The van der Waals surface area contributed by atoms with E-state index < -0.39 is 0 Å². The fourth-order valence-corrected chi connectivity index (χ4v) is 2.21. The summed E-state index contributed by atoms with van der Waals surface area (Å²) in [6.45, 7) is 3.98. The first-order valence-corrected chi connectivity index (χ1v) is 4.39. The fraction of sp³-hybridized carbons (Fsp3) is 0.889. The van der Waals surface area contributed by atoms with E-state index in [1.54, 1.807) is 0 Å². The standard InChI is InChI=1S/C9H14O2/c1-5-7-3-4-8(11-7)6(2)9(5)10/h5-8H,3-4H2,1-2H3/t5-,6-,7-,8+/m1/s1. The maximum atomic E-state index is 11.5. The minimum atomic E-state index is 0.142. The van der Waals surface area contributed by atoms with Crippen LogP contribution in [-0.2, 0) is 9.53 Å². The van der Waals surface area contributed by atoms with Gasteiger partial charge in [0.1, 0.15) is 5.78 Å². The second kappa shape index (κ2) is 2.31. The first-order chi connectivity index (χ1) is 5.20. The van der Waals surface area contributed by atoms with Gasteiger partial charge >= 0.3 is 0 Å². The average molecular weight is 154 g/mol. The minimum Gasteiger partial charge on any atom is -0.374 e. The van der Waals surface area contributed by atoms with Crippen molar-refractivity contribution in [1.29, 1.82) is 0 Å². The lowest BCUT2D eigenvalue weighted by Gasteiger charge is -2.30. The molecule has 11 heavy (non-hydrogen) atoms. The highest BCUT2D eigenvalue weighted by Gasteiger charge is 2.44. The summed E-state index contributed by atoms with van der Waals surface area (Å²) in [4.78, 5) is 11.5. The van der Waals surface area contributed by atoms with Gasteiger partial charge in [0.15, 0.2) is 0 Å². The molecule has 0 aromatic heterocycles. The summed E-state index contributed by atoms with van der Waals surface area (Å²) in [6, 6.07) is 0. The van der Waals surface area contributed by atoms with Crippen LogP contribution in [0.4, 0.5) is 0 Å². The van der Waals surface area contributed by atoms with Gasteiger partial charge in [-0.3, -0.25) is 4.79 Å². The first-order valence-electron chi connectivity index (χ1n) is 4.39. The molecule has 2 saturated heterocycles.